The van der Waals surface area contributed by atoms with Gasteiger partial charge in [0.25, 0.3) is 0 Å². The van der Waals surface area contributed by atoms with Gasteiger partial charge in [-0.25, -0.2) is 0 Å². The Balaban J connectivity index is 1.92. The molecule has 0 saturated heterocycles. The molecule has 7 heteroatoms. The predicted molar refractivity (Wildman–Crippen MR) is 135 cm³/mol. The second-order valence-electron chi connectivity index (χ2n) is 8.92. The zero-order chi connectivity index (χ0) is 25.3. The van der Waals surface area contributed by atoms with Crippen molar-refractivity contribution in [1.82, 2.24) is 0 Å². The smallest absolute Gasteiger partial charge is 0.305 e. The van der Waals surface area contributed by atoms with Gasteiger partial charge in [0.1, 0.15) is 6.79 Å². The molecule has 7 nitrogen and oxygen atoms in total. The van der Waals surface area contributed by atoms with E-state index in [9.17, 15) is 15.0 Å². The Morgan fingerprint density at radius 2 is 1.91 bits per heavy atom. The Kier molecular flexibility index (Phi) is 14.5. The first-order valence-corrected chi connectivity index (χ1v) is 12.5. The fourth-order valence-corrected chi connectivity index (χ4v) is 4.32. The Labute approximate surface area is 209 Å². The lowest BCUT2D eigenvalue weighted by molar-refractivity contribution is -0.140. The number of unbranched alkanes of at least 4 members (excludes halogenated alkanes) is 1. The highest BCUT2D eigenvalue weighted by Gasteiger charge is 2.39. The zero-order valence-corrected chi connectivity index (χ0v) is 21.1. The van der Waals surface area contributed by atoms with Crippen LogP contribution in [0.2, 0.25) is 0 Å². The molecule has 35 heavy (non-hydrogen) atoms. The molecule has 2 rings (SSSR count). The third-order valence-electron chi connectivity index (χ3n) is 6.38. The van der Waals surface area contributed by atoms with Gasteiger partial charge in [0.2, 0.25) is 0 Å². The Morgan fingerprint density at radius 1 is 1.11 bits per heavy atom. The van der Waals surface area contributed by atoms with Crippen molar-refractivity contribution in [2.24, 2.45) is 11.8 Å². The van der Waals surface area contributed by atoms with Crippen molar-refractivity contribution in [3.63, 3.8) is 0 Å². The van der Waals surface area contributed by atoms with Crippen molar-refractivity contribution < 1.29 is 34.0 Å². The van der Waals surface area contributed by atoms with E-state index in [1.54, 1.807) is 7.11 Å². The summed E-state index contributed by atoms with van der Waals surface area (Å²) in [7, 11) is 3.02. The highest BCUT2D eigenvalue weighted by molar-refractivity contribution is 5.69. The van der Waals surface area contributed by atoms with Crippen LogP contribution >= 0.6 is 0 Å². The number of hydrogen-bond donors (Lipinski definition) is 2. The lowest BCUT2D eigenvalue weighted by Gasteiger charge is -2.21. The summed E-state index contributed by atoms with van der Waals surface area (Å²) >= 11 is 0. The number of aliphatic hydroxyl groups excluding tert-OH is 2. The number of allylic oxidation sites excluding steroid dienone is 2. The number of aliphatic hydroxyl groups is 2. The lowest BCUT2D eigenvalue weighted by atomic mass is 9.89. The molecule has 1 saturated carbocycles. The first-order valence-electron chi connectivity index (χ1n) is 12.5. The largest absolute Gasteiger partial charge is 0.469 e. The molecule has 1 aliphatic rings. The first kappa shape index (κ1) is 29.2. The SMILES string of the molecule is COCCOCO[C@H](/C=C/[C@@H]1[C@@H](C/C=C\CCCC(=O)OC)[C@@H](O)C[C@H]1O)CCc1ccccc1. The van der Waals surface area contributed by atoms with E-state index in [0.717, 1.165) is 25.7 Å². The van der Waals surface area contributed by atoms with E-state index in [2.05, 4.69) is 16.9 Å². The summed E-state index contributed by atoms with van der Waals surface area (Å²) in [6.07, 6.45) is 11.3. The van der Waals surface area contributed by atoms with E-state index in [4.69, 9.17) is 14.2 Å². The summed E-state index contributed by atoms with van der Waals surface area (Å²) in [4.78, 5) is 11.2. The highest BCUT2D eigenvalue weighted by atomic mass is 16.7. The molecule has 0 heterocycles. The third kappa shape index (κ3) is 11.5. The number of hydrogen-bond acceptors (Lipinski definition) is 7. The van der Waals surface area contributed by atoms with Gasteiger partial charge in [0.05, 0.1) is 38.6 Å². The number of carbonyl (C=O) groups is 1. The van der Waals surface area contributed by atoms with Crippen LogP contribution in [0, 0.1) is 11.8 Å². The van der Waals surface area contributed by atoms with Crippen LogP contribution < -0.4 is 0 Å². The monoisotopic (exact) mass is 490 g/mol. The summed E-state index contributed by atoms with van der Waals surface area (Å²) in [5.74, 6) is -0.418. The van der Waals surface area contributed by atoms with Crippen LogP contribution in [0.25, 0.3) is 0 Å². The van der Waals surface area contributed by atoms with Crippen LogP contribution in [0.15, 0.2) is 54.6 Å². The highest BCUT2D eigenvalue weighted by Crippen LogP contribution is 2.36. The average molecular weight is 491 g/mol. The standard InChI is InChI=1S/C28H42O7/c1-32-18-19-34-21-35-23(15-14-22-10-6-5-7-11-22)16-17-25-24(26(29)20-27(25)30)12-8-3-4-9-13-28(31)33-2/h3,5-8,10-11,16-17,23-27,29-30H,4,9,12-15,18-21H2,1-2H3/b8-3-,17-16+/t23-,24+,25+,26-,27+/m0/s1. The van der Waals surface area contributed by atoms with E-state index in [-0.39, 0.29) is 30.7 Å². The minimum atomic E-state index is -0.591. The molecule has 0 spiro atoms. The van der Waals surface area contributed by atoms with E-state index in [0.29, 0.717) is 32.5 Å². The van der Waals surface area contributed by atoms with Gasteiger partial charge in [-0.2, -0.15) is 0 Å². The normalized spacial score (nSPS) is 23.3. The molecule has 0 bridgehead atoms. The molecule has 196 valence electrons. The summed E-state index contributed by atoms with van der Waals surface area (Å²) in [6, 6.07) is 10.3. The Hall–Kier alpha value is -2.03. The molecular weight excluding hydrogens is 448 g/mol. The first-order chi connectivity index (χ1) is 17.0. The second kappa shape index (κ2) is 17.4. The molecule has 5 atom stereocenters. The number of carbonyl (C=O) groups excluding carboxylic acids is 1. The van der Waals surface area contributed by atoms with Crippen LogP contribution in [0.1, 0.15) is 44.1 Å². The van der Waals surface area contributed by atoms with Crippen LogP contribution in [0.3, 0.4) is 0 Å². The summed E-state index contributed by atoms with van der Waals surface area (Å²) in [5.41, 5.74) is 1.24. The fourth-order valence-electron chi connectivity index (χ4n) is 4.32. The number of esters is 1. The summed E-state index contributed by atoms with van der Waals surface area (Å²) in [6.45, 7) is 1.14. The van der Waals surface area contributed by atoms with Crippen LogP contribution in [-0.4, -0.2) is 68.7 Å². The zero-order valence-electron chi connectivity index (χ0n) is 21.1. The topological polar surface area (TPSA) is 94.5 Å². The molecule has 0 unspecified atom stereocenters. The van der Waals surface area contributed by atoms with E-state index < -0.39 is 12.2 Å². The molecule has 0 aromatic heterocycles. The average Bonchev–Trinajstić information content (AvgIpc) is 3.14. The number of rotatable bonds is 17. The predicted octanol–water partition coefficient (Wildman–Crippen LogP) is 3.83. The molecule has 0 amide bonds. The molecule has 0 aliphatic heterocycles. The van der Waals surface area contributed by atoms with Crippen molar-refractivity contribution in [2.75, 3.05) is 34.2 Å². The quantitative estimate of drug-likeness (QED) is 0.148. The van der Waals surface area contributed by atoms with Crippen LogP contribution in [-0.2, 0) is 30.2 Å². The molecular formula is C28H42O7. The van der Waals surface area contributed by atoms with Gasteiger partial charge in [-0.15, -0.1) is 0 Å². The van der Waals surface area contributed by atoms with Gasteiger partial charge in [0.15, 0.2) is 0 Å². The van der Waals surface area contributed by atoms with Gasteiger partial charge in [-0.3, -0.25) is 4.79 Å². The molecule has 2 N–H and O–H groups in total. The molecule has 1 fully saturated rings. The maximum Gasteiger partial charge on any atom is 0.305 e. The minimum Gasteiger partial charge on any atom is -0.469 e. The van der Waals surface area contributed by atoms with Crippen molar-refractivity contribution in [3.05, 3.63) is 60.2 Å². The summed E-state index contributed by atoms with van der Waals surface area (Å²) in [5, 5.41) is 21.1. The Bertz CT molecular complexity index is 749. The van der Waals surface area contributed by atoms with Gasteiger partial charge in [0, 0.05) is 25.9 Å². The van der Waals surface area contributed by atoms with E-state index >= 15 is 0 Å². The van der Waals surface area contributed by atoms with E-state index in [1.165, 1.54) is 12.7 Å². The number of aryl methyl sites for hydroxylation is 1. The minimum absolute atomic E-state index is 0.0640. The maximum absolute atomic E-state index is 11.2. The second-order valence-corrected chi connectivity index (χ2v) is 8.92. The maximum atomic E-state index is 11.2. The van der Waals surface area contributed by atoms with Crippen LogP contribution in [0.5, 0.6) is 0 Å². The van der Waals surface area contributed by atoms with Gasteiger partial charge in [-0.1, -0.05) is 54.6 Å². The lowest BCUT2D eigenvalue weighted by Crippen LogP contribution is -2.21. The number of methoxy groups -OCH3 is 2. The van der Waals surface area contributed by atoms with Crippen molar-refractivity contribution >= 4 is 5.97 Å². The third-order valence-corrected chi connectivity index (χ3v) is 6.38. The molecule has 1 aromatic carbocycles. The van der Waals surface area contributed by atoms with Gasteiger partial charge >= 0.3 is 5.97 Å². The van der Waals surface area contributed by atoms with Gasteiger partial charge < -0.3 is 29.2 Å². The van der Waals surface area contributed by atoms with Crippen molar-refractivity contribution in [2.45, 2.75) is 63.3 Å². The summed E-state index contributed by atoms with van der Waals surface area (Å²) < 4.78 is 21.1. The number of benzene rings is 1. The van der Waals surface area contributed by atoms with E-state index in [1.807, 2.05) is 42.5 Å². The fraction of sp³-hybridized carbons (Fsp3) is 0.607. The van der Waals surface area contributed by atoms with Crippen LogP contribution in [0.4, 0.5) is 0 Å². The number of ether oxygens (including phenoxy) is 4. The van der Waals surface area contributed by atoms with Crippen molar-refractivity contribution in [3.8, 4) is 0 Å². The molecule has 1 aromatic rings. The molecule has 0 radical (unpaired) electrons. The van der Waals surface area contributed by atoms with Crippen molar-refractivity contribution in [1.29, 1.82) is 0 Å². The molecule has 1 aliphatic carbocycles. The van der Waals surface area contributed by atoms with Gasteiger partial charge in [-0.05, 0) is 43.6 Å². The Morgan fingerprint density at radius 3 is 2.66 bits per heavy atom.